The van der Waals surface area contributed by atoms with Gasteiger partial charge in [0.1, 0.15) is 9.88 Å². The Balaban J connectivity index is 2.02. The second-order valence-electron chi connectivity index (χ2n) is 5.99. The molecule has 0 fully saturated rings. The summed E-state index contributed by atoms with van der Waals surface area (Å²) in [5, 5.41) is 16.1. The fraction of sp³-hybridized carbons (Fsp3) is 0.471. The molecule has 0 unspecified atom stereocenters. The zero-order chi connectivity index (χ0) is 20.8. The Hall–Kier alpha value is -1.85. The first kappa shape index (κ1) is 22.4. The van der Waals surface area contributed by atoms with E-state index in [0.717, 1.165) is 11.3 Å². The molecule has 0 aliphatic carbocycles. The number of amides is 1. The van der Waals surface area contributed by atoms with Crippen LogP contribution in [0.2, 0.25) is 0 Å². The third kappa shape index (κ3) is 5.58. The molecule has 0 aliphatic heterocycles. The number of thiazole rings is 1. The van der Waals surface area contributed by atoms with Gasteiger partial charge in [0.2, 0.25) is 0 Å². The van der Waals surface area contributed by atoms with Crippen molar-refractivity contribution in [2.45, 2.75) is 27.2 Å². The average molecular weight is 443 g/mol. The van der Waals surface area contributed by atoms with Crippen LogP contribution in [0, 0.1) is 20.8 Å². The zero-order valence-corrected chi connectivity index (χ0v) is 18.5. The SMILES string of the molecule is Cc1nc(-c2c(C)c(C)nn(C)c2=O)sc1C(=O)NCCSSCCC(=O)O. The highest BCUT2D eigenvalue weighted by atomic mass is 33.1. The van der Waals surface area contributed by atoms with E-state index in [1.807, 2.05) is 13.8 Å². The molecule has 2 aromatic heterocycles. The number of aliphatic carboxylic acids is 1. The van der Waals surface area contributed by atoms with Crippen LogP contribution in [0.3, 0.4) is 0 Å². The molecular formula is C17H22N4O4S3. The van der Waals surface area contributed by atoms with Crippen molar-refractivity contribution in [3.63, 3.8) is 0 Å². The lowest BCUT2D eigenvalue weighted by molar-refractivity contribution is -0.136. The summed E-state index contributed by atoms with van der Waals surface area (Å²) >= 11 is 1.20. The normalized spacial score (nSPS) is 10.9. The molecule has 2 rings (SSSR count). The number of hydrogen-bond acceptors (Lipinski definition) is 8. The van der Waals surface area contributed by atoms with Gasteiger partial charge in [-0.15, -0.1) is 11.3 Å². The standard InChI is InChI=1S/C17H22N4O4S3/c1-9-10(2)20-21(4)17(25)13(9)16-19-11(3)14(28-16)15(24)18-6-8-27-26-7-5-12(22)23/h5-8H2,1-4H3,(H,18,24)(H,22,23). The van der Waals surface area contributed by atoms with Gasteiger partial charge in [0, 0.05) is 25.1 Å². The highest BCUT2D eigenvalue weighted by Crippen LogP contribution is 2.28. The molecule has 0 radical (unpaired) electrons. The van der Waals surface area contributed by atoms with Crippen LogP contribution in [0.5, 0.6) is 0 Å². The van der Waals surface area contributed by atoms with Crippen molar-refractivity contribution in [1.29, 1.82) is 0 Å². The summed E-state index contributed by atoms with van der Waals surface area (Å²) in [6, 6.07) is 0. The molecule has 28 heavy (non-hydrogen) atoms. The number of hydrogen-bond donors (Lipinski definition) is 2. The molecule has 0 atom stereocenters. The number of aromatic nitrogens is 3. The minimum atomic E-state index is -0.813. The summed E-state index contributed by atoms with van der Waals surface area (Å²) in [6.45, 7) is 5.87. The Labute approximate surface area is 174 Å². The first-order chi connectivity index (χ1) is 13.2. The molecule has 0 aromatic carbocycles. The lowest BCUT2D eigenvalue weighted by Crippen LogP contribution is -2.25. The molecule has 152 valence electrons. The van der Waals surface area contributed by atoms with E-state index in [-0.39, 0.29) is 17.9 Å². The van der Waals surface area contributed by atoms with Gasteiger partial charge in [0.25, 0.3) is 11.5 Å². The van der Waals surface area contributed by atoms with E-state index >= 15 is 0 Å². The third-order valence-corrected chi connectivity index (χ3v) is 7.48. The number of carboxylic acid groups (broad SMARTS) is 1. The van der Waals surface area contributed by atoms with Gasteiger partial charge < -0.3 is 10.4 Å². The van der Waals surface area contributed by atoms with E-state index in [1.54, 1.807) is 14.0 Å². The predicted octanol–water partition coefficient (Wildman–Crippen LogP) is 2.41. The molecule has 0 saturated carbocycles. The van der Waals surface area contributed by atoms with Gasteiger partial charge >= 0.3 is 5.97 Å². The van der Waals surface area contributed by atoms with E-state index < -0.39 is 5.97 Å². The average Bonchev–Trinajstić information content (AvgIpc) is 3.00. The molecule has 0 saturated heterocycles. The lowest BCUT2D eigenvalue weighted by atomic mass is 10.1. The van der Waals surface area contributed by atoms with Crippen molar-refractivity contribution < 1.29 is 14.7 Å². The van der Waals surface area contributed by atoms with Gasteiger partial charge in [0.15, 0.2) is 0 Å². The van der Waals surface area contributed by atoms with E-state index in [4.69, 9.17) is 5.11 Å². The van der Waals surface area contributed by atoms with Crippen molar-refractivity contribution in [2.24, 2.45) is 7.05 Å². The summed E-state index contributed by atoms with van der Waals surface area (Å²) in [4.78, 5) is 40.3. The summed E-state index contributed by atoms with van der Waals surface area (Å²) in [6.07, 6.45) is 0.125. The van der Waals surface area contributed by atoms with Gasteiger partial charge in [0.05, 0.1) is 23.4 Å². The van der Waals surface area contributed by atoms with Gasteiger partial charge in [-0.25, -0.2) is 9.67 Å². The molecule has 1 amide bonds. The minimum Gasteiger partial charge on any atom is -0.481 e. The fourth-order valence-corrected chi connectivity index (χ4v) is 5.31. The zero-order valence-electron chi connectivity index (χ0n) is 16.1. The van der Waals surface area contributed by atoms with Crippen molar-refractivity contribution in [1.82, 2.24) is 20.1 Å². The molecule has 0 aliphatic rings. The van der Waals surface area contributed by atoms with Crippen LogP contribution in [-0.4, -0.2) is 49.8 Å². The van der Waals surface area contributed by atoms with E-state index in [0.29, 0.717) is 39.2 Å². The molecule has 2 aromatic rings. The van der Waals surface area contributed by atoms with Crippen LogP contribution in [0.15, 0.2) is 4.79 Å². The quantitative estimate of drug-likeness (QED) is 0.449. The van der Waals surface area contributed by atoms with Crippen molar-refractivity contribution >= 4 is 44.8 Å². The minimum absolute atomic E-state index is 0.125. The number of nitrogens with one attached hydrogen (secondary N) is 1. The van der Waals surface area contributed by atoms with E-state index in [2.05, 4.69) is 15.4 Å². The van der Waals surface area contributed by atoms with E-state index in [1.165, 1.54) is 37.6 Å². The summed E-state index contributed by atoms with van der Waals surface area (Å²) in [5.41, 5.74) is 2.33. The largest absolute Gasteiger partial charge is 0.481 e. The van der Waals surface area contributed by atoms with Gasteiger partial charge in [-0.3, -0.25) is 14.4 Å². The van der Waals surface area contributed by atoms with Crippen LogP contribution < -0.4 is 10.9 Å². The smallest absolute Gasteiger partial charge is 0.304 e. The predicted molar refractivity (Wildman–Crippen MR) is 114 cm³/mol. The number of rotatable bonds is 9. The maximum Gasteiger partial charge on any atom is 0.304 e. The van der Waals surface area contributed by atoms with Gasteiger partial charge in [-0.2, -0.15) is 5.10 Å². The van der Waals surface area contributed by atoms with Crippen molar-refractivity contribution in [3.05, 3.63) is 32.2 Å². The molecule has 0 spiro atoms. The van der Waals surface area contributed by atoms with Crippen molar-refractivity contribution in [2.75, 3.05) is 18.1 Å². The van der Waals surface area contributed by atoms with Gasteiger partial charge in [-0.1, -0.05) is 21.6 Å². The first-order valence-electron chi connectivity index (χ1n) is 8.49. The number of carbonyl (C=O) groups excluding carboxylic acids is 1. The molecule has 11 heteroatoms. The molecule has 2 heterocycles. The first-order valence-corrected chi connectivity index (χ1v) is 11.8. The molecule has 8 nitrogen and oxygen atoms in total. The van der Waals surface area contributed by atoms with Crippen LogP contribution in [0.1, 0.15) is 33.0 Å². The van der Waals surface area contributed by atoms with Crippen LogP contribution in [-0.2, 0) is 11.8 Å². The number of nitrogens with zero attached hydrogens (tertiary/aromatic N) is 3. The molecule has 0 bridgehead atoms. The summed E-state index contributed by atoms with van der Waals surface area (Å²) in [7, 11) is 4.59. The second-order valence-corrected chi connectivity index (χ2v) is 9.69. The highest BCUT2D eigenvalue weighted by Gasteiger charge is 2.20. The number of aryl methyl sites for hydroxylation is 3. The fourth-order valence-electron chi connectivity index (χ4n) is 2.35. The molecule has 2 N–H and O–H groups in total. The van der Waals surface area contributed by atoms with Crippen LogP contribution in [0.4, 0.5) is 0 Å². The monoisotopic (exact) mass is 442 g/mol. The summed E-state index contributed by atoms with van der Waals surface area (Å²) < 4.78 is 1.29. The number of carboxylic acids is 1. The lowest BCUT2D eigenvalue weighted by Gasteiger charge is -2.07. The third-order valence-electron chi connectivity index (χ3n) is 3.90. The Kier molecular flexibility index (Phi) is 8.08. The maximum atomic E-state index is 12.5. The topological polar surface area (TPSA) is 114 Å². The van der Waals surface area contributed by atoms with E-state index in [9.17, 15) is 14.4 Å². The Morgan fingerprint density at radius 2 is 1.86 bits per heavy atom. The van der Waals surface area contributed by atoms with Gasteiger partial charge in [-0.05, 0) is 26.3 Å². The van der Waals surface area contributed by atoms with Crippen LogP contribution >= 0.6 is 32.9 Å². The second kappa shape index (κ2) is 10.1. The van der Waals surface area contributed by atoms with Crippen LogP contribution in [0.25, 0.3) is 10.6 Å². The Bertz CT molecular complexity index is 939. The summed E-state index contributed by atoms with van der Waals surface area (Å²) in [5.74, 6) is 0.166. The number of carbonyl (C=O) groups is 2. The highest BCUT2D eigenvalue weighted by molar-refractivity contribution is 8.76. The molecular weight excluding hydrogens is 420 g/mol. The Morgan fingerprint density at radius 1 is 1.18 bits per heavy atom. The Morgan fingerprint density at radius 3 is 2.54 bits per heavy atom. The van der Waals surface area contributed by atoms with Crippen molar-refractivity contribution in [3.8, 4) is 10.6 Å². The maximum absolute atomic E-state index is 12.5.